The van der Waals surface area contributed by atoms with Crippen molar-refractivity contribution in [2.45, 2.75) is 0 Å². The lowest BCUT2D eigenvalue weighted by molar-refractivity contribution is 0.630. The van der Waals surface area contributed by atoms with E-state index in [0.29, 0.717) is 26.5 Å². The third kappa shape index (κ3) is 1.79. The molecule has 0 amide bonds. The van der Waals surface area contributed by atoms with E-state index in [4.69, 9.17) is 11.6 Å². The van der Waals surface area contributed by atoms with Gasteiger partial charge in [0.15, 0.2) is 5.65 Å². The predicted molar refractivity (Wildman–Crippen MR) is 71.1 cm³/mol. The van der Waals surface area contributed by atoms with Crippen LogP contribution in [-0.4, -0.2) is 14.6 Å². The normalized spacial score (nSPS) is 11.1. The molecule has 0 spiro atoms. The van der Waals surface area contributed by atoms with E-state index in [1.165, 1.54) is 6.07 Å². The first kappa shape index (κ1) is 11.6. The molecule has 6 heteroatoms. The molecule has 0 N–H and O–H groups in total. The van der Waals surface area contributed by atoms with Gasteiger partial charge in [-0.2, -0.15) is 5.10 Å². The molecular formula is C12H6BrClFN3. The Bertz CT molecular complexity index is 741. The first-order valence-corrected chi connectivity index (χ1v) is 6.29. The summed E-state index contributed by atoms with van der Waals surface area (Å²) in [5.41, 5.74) is 1.48. The first-order valence-electron chi connectivity index (χ1n) is 5.12. The van der Waals surface area contributed by atoms with Crippen LogP contribution in [0.1, 0.15) is 0 Å². The summed E-state index contributed by atoms with van der Waals surface area (Å²) in [5.74, 6) is -0.326. The van der Waals surface area contributed by atoms with Gasteiger partial charge in [0.25, 0.3) is 0 Å². The second-order valence-corrected chi connectivity index (χ2v) is 4.84. The lowest BCUT2D eigenvalue weighted by Crippen LogP contribution is -1.89. The van der Waals surface area contributed by atoms with Gasteiger partial charge in [0.2, 0.25) is 0 Å². The molecular weight excluding hydrogens is 321 g/mol. The highest BCUT2D eigenvalue weighted by atomic mass is 79.9. The summed E-state index contributed by atoms with van der Waals surface area (Å²) in [6, 6.07) is 8.09. The molecule has 0 saturated heterocycles. The molecule has 0 aliphatic heterocycles. The average Bonchev–Trinajstić information content (AvgIpc) is 2.68. The topological polar surface area (TPSA) is 30.2 Å². The van der Waals surface area contributed by atoms with E-state index in [1.807, 2.05) is 0 Å². The number of halogens is 3. The Morgan fingerprint density at radius 2 is 2.00 bits per heavy atom. The van der Waals surface area contributed by atoms with Gasteiger partial charge in [-0.05, 0) is 34.1 Å². The van der Waals surface area contributed by atoms with Gasteiger partial charge in [-0.1, -0.05) is 23.7 Å². The fourth-order valence-electron chi connectivity index (χ4n) is 1.71. The van der Waals surface area contributed by atoms with E-state index in [2.05, 4.69) is 26.0 Å². The van der Waals surface area contributed by atoms with Crippen LogP contribution in [0.3, 0.4) is 0 Å². The summed E-state index contributed by atoms with van der Waals surface area (Å²) < 4.78 is 15.9. The molecule has 1 aromatic carbocycles. The zero-order valence-electron chi connectivity index (χ0n) is 8.94. The molecule has 3 rings (SSSR count). The van der Waals surface area contributed by atoms with Crippen molar-refractivity contribution in [3.05, 3.63) is 52.0 Å². The molecule has 3 aromatic rings. The lowest BCUT2D eigenvalue weighted by atomic mass is 10.1. The number of aromatic nitrogens is 3. The first-order chi connectivity index (χ1) is 8.66. The van der Waals surface area contributed by atoms with E-state index < -0.39 is 0 Å². The smallest absolute Gasteiger partial charge is 0.171 e. The van der Waals surface area contributed by atoms with Crippen molar-refractivity contribution in [2.24, 2.45) is 0 Å². The van der Waals surface area contributed by atoms with E-state index in [1.54, 1.807) is 35.0 Å². The molecule has 0 saturated carbocycles. The molecule has 0 unspecified atom stereocenters. The van der Waals surface area contributed by atoms with E-state index >= 15 is 0 Å². The van der Waals surface area contributed by atoms with Gasteiger partial charge in [0.05, 0.1) is 4.47 Å². The summed E-state index contributed by atoms with van der Waals surface area (Å²) in [4.78, 5) is 4.15. The number of hydrogen-bond donors (Lipinski definition) is 0. The average molecular weight is 327 g/mol. The fraction of sp³-hybridized carbons (Fsp3) is 0. The van der Waals surface area contributed by atoms with Gasteiger partial charge in [-0.3, -0.25) is 0 Å². The third-order valence-corrected chi connectivity index (χ3v) is 3.46. The van der Waals surface area contributed by atoms with E-state index in [-0.39, 0.29) is 5.82 Å². The minimum Gasteiger partial charge on any atom is -0.221 e. The van der Waals surface area contributed by atoms with Gasteiger partial charge in [-0.25, -0.2) is 13.9 Å². The van der Waals surface area contributed by atoms with Crippen LogP contribution in [0.5, 0.6) is 0 Å². The molecule has 0 radical (unpaired) electrons. The maximum Gasteiger partial charge on any atom is 0.171 e. The van der Waals surface area contributed by atoms with Crippen LogP contribution >= 0.6 is 27.5 Å². The minimum atomic E-state index is -0.326. The standard InChI is InChI=1S/C12H6BrClFN3/c13-10-11(7-3-1-2-4-8(7)15)17-18-6-5-9(14)16-12(10)18/h1-6H. The molecule has 90 valence electrons. The summed E-state index contributed by atoms with van der Waals surface area (Å²) in [6.07, 6.45) is 1.68. The summed E-state index contributed by atoms with van der Waals surface area (Å²) in [7, 11) is 0. The minimum absolute atomic E-state index is 0.326. The predicted octanol–water partition coefficient (Wildman–Crippen LogP) is 3.95. The Labute approximate surface area is 115 Å². The second-order valence-electron chi connectivity index (χ2n) is 3.66. The van der Waals surface area contributed by atoms with Crippen LogP contribution in [0.25, 0.3) is 16.9 Å². The molecule has 3 nitrogen and oxygen atoms in total. The quantitative estimate of drug-likeness (QED) is 0.634. The second kappa shape index (κ2) is 4.33. The highest BCUT2D eigenvalue weighted by molar-refractivity contribution is 9.10. The fourth-order valence-corrected chi connectivity index (χ4v) is 2.41. The van der Waals surface area contributed by atoms with Crippen LogP contribution in [0.15, 0.2) is 41.0 Å². The van der Waals surface area contributed by atoms with Crippen molar-refractivity contribution in [1.82, 2.24) is 14.6 Å². The number of hydrogen-bond acceptors (Lipinski definition) is 2. The van der Waals surface area contributed by atoms with Crippen LogP contribution in [0.4, 0.5) is 4.39 Å². The Morgan fingerprint density at radius 3 is 2.78 bits per heavy atom. The van der Waals surface area contributed by atoms with Crippen molar-refractivity contribution in [3.8, 4) is 11.3 Å². The Balaban J connectivity index is 2.31. The van der Waals surface area contributed by atoms with Crippen molar-refractivity contribution in [1.29, 1.82) is 0 Å². The molecule has 2 aromatic heterocycles. The van der Waals surface area contributed by atoms with Gasteiger partial charge < -0.3 is 0 Å². The summed E-state index contributed by atoms with van der Waals surface area (Å²) in [5, 5.41) is 4.66. The zero-order chi connectivity index (χ0) is 12.7. The Kier molecular flexibility index (Phi) is 2.80. The van der Waals surface area contributed by atoms with Crippen LogP contribution in [0, 0.1) is 5.82 Å². The van der Waals surface area contributed by atoms with Crippen molar-refractivity contribution in [3.63, 3.8) is 0 Å². The van der Waals surface area contributed by atoms with Crippen molar-refractivity contribution in [2.75, 3.05) is 0 Å². The number of benzene rings is 1. The third-order valence-electron chi connectivity index (χ3n) is 2.52. The van der Waals surface area contributed by atoms with Crippen molar-refractivity contribution >= 4 is 33.2 Å². The van der Waals surface area contributed by atoms with Crippen LogP contribution in [0.2, 0.25) is 5.15 Å². The molecule has 18 heavy (non-hydrogen) atoms. The molecule has 0 atom stereocenters. The monoisotopic (exact) mass is 325 g/mol. The highest BCUT2D eigenvalue weighted by Crippen LogP contribution is 2.31. The maximum absolute atomic E-state index is 13.7. The van der Waals surface area contributed by atoms with Crippen molar-refractivity contribution < 1.29 is 4.39 Å². The summed E-state index contributed by atoms with van der Waals surface area (Å²) >= 11 is 9.22. The van der Waals surface area contributed by atoms with Gasteiger partial charge in [-0.15, -0.1) is 0 Å². The van der Waals surface area contributed by atoms with Gasteiger partial charge in [0.1, 0.15) is 16.7 Å². The largest absolute Gasteiger partial charge is 0.221 e. The molecule has 0 bridgehead atoms. The Morgan fingerprint density at radius 1 is 1.22 bits per heavy atom. The van der Waals surface area contributed by atoms with E-state index in [0.717, 1.165) is 0 Å². The molecule has 2 heterocycles. The van der Waals surface area contributed by atoms with E-state index in [9.17, 15) is 4.39 Å². The SMILES string of the molecule is Fc1ccccc1-c1nn2ccc(Cl)nc2c1Br. The summed E-state index contributed by atoms with van der Waals surface area (Å²) in [6.45, 7) is 0. The number of rotatable bonds is 1. The Hall–Kier alpha value is -1.46. The molecule has 0 aliphatic rings. The zero-order valence-corrected chi connectivity index (χ0v) is 11.3. The molecule has 0 aliphatic carbocycles. The van der Waals surface area contributed by atoms with Crippen LogP contribution in [-0.2, 0) is 0 Å². The molecule has 0 fully saturated rings. The lowest BCUT2D eigenvalue weighted by Gasteiger charge is -1.98. The van der Waals surface area contributed by atoms with Crippen LogP contribution < -0.4 is 0 Å². The number of fused-ring (bicyclic) bond motifs is 1. The number of nitrogens with zero attached hydrogens (tertiary/aromatic N) is 3. The maximum atomic E-state index is 13.7. The van der Waals surface area contributed by atoms with Gasteiger partial charge in [0, 0.05) is 11.8 Å². The van der Waals surface area contributed by atoms with Gasteiger partial charge >= 0.3 is 0 Å². The highest BCUT2D eigenvalue weighted by Gasteiger charge is 2.16.